The highest BCUT2D eigenvalue weighted by Gasteiger charge is 2.11. The average molecular weight is 378 g/mol. The van der Waals surface area contributed by atoms with Gasteiger partial charge in [0.2, 0.25) is 5.82 Å². The Morgan fingerprint density at radius 3 is 2.36 bits per heavy atom. The van der Waals surface area contributed by atoms with Crippen molar-refractivity contribution >= 4 is 0 Å². The van der Waals surface area contributed by atoms with E-state index in [2.05, 4.69) is 10.1 Å². The highest BCUT2D eigenvalue weighted by molar-refractivity contribution is 5.60. The Labute approximate surface area is 160 Å². The van der Waals surface area contributed by atoms with Crippen LogP contribution >= 0.6 is 0 Å². The van der Waals surface area contributed by atoms with Gasteiger partial charge in [0.1, 0.15) is 24.0 Å². The van der Waals surface area contributed by atoms with Gasteiger partial charge in [0, 0.05) is 17.2 Å². The third kappa shape index (κ3) is 4.06. The Morgan fingerprint density at radius 2 is 1.64 bits per heavy atom. The highest BCUT2D eigenvalue weighted by Crippen LogP contribution is 2.24. The van der Waals surface area contributed by atoms with Crippen molar-refractivity contribution in [3.63, 3.8) is 0 Å². The first kappa shape index (κ1) is 17.9. The minimum absolute atomic E-state index is 0.0632. The smallest absolute Gasteiger partial charge is 0.258 e. The summed E-state index contributed by atoms with van der Waals surface area (Å²) in [5.74, 6) is 0.226. The normalized spacial score (nSPS) is 10.8. The van der Waals surface area contributed by atoms with Crippen LogP contribution in [0.4, 0.5) is 8.78 Å². The van der Waals surface area contributed by atoms with Crippen LogP contribution in [0, 0.1) is 18.6 Å². The van der Waals surface area contributed by atoms with Crippen molar-refractivity contribution < 1.29 is 18.0 Å². The van der Waals surface area contributed by atoms with E-state index in [4.69, 9.17) is 9.26 Å². The van der Waals surface area contributed by atoms with Crippen molar-refractivity contribution in [2.75, 3.05) is 0 Å². The third-order valence-electron chi connectivity index (χ3n) is 4.13. The molecular formula is C22H16F2N2O2. The summed E-state index contributed by atoms with van der Waals surface area (Å²) in [6.45, 7) is 2.06. The summed E-state index contributed by atoms with van der Waals surface area (Å²) in [6.07, 6.45) is 0. The molecule has 0 aliphatic heterocycles. The monoisotopic (exact) mass is 378 g/mol. The van der Waals surface area contributed by atoms with Crippen LogP contribution in [0.1, 0.15) is 11.1 Å². The summed E-state index contributed by atoms with van der Waals surface area (Å²) in [5.41, 5.74) is 3.16. The van der Waals surface area contributed by atoms with E-state index >= 15 is 0 Å². The van der Waals surface area contributed by atoms with Gasteiger partial charge >= 0.3 is 0 Å². The third-order valence-corrected chi connectivity index (χ3v) is 4.13. The number of hydrogen-bond acceptors (Lipinski definition) is 4. The molecule has 0 aliphatic rings. The summed E-state index contributed by atoms with van der Waals surface area (Å²) in [7, 11) is 0. The van der Waals surface area contributed by atoms with Gasteiger partial charge in [-0.3, -0.25) is 0 Å². The summed E-state index contributed by atoms with van der Waals surface area (Å²) in [4.78, 5) is 4.43. The largest absolute Gasteiger partial charge is 0.489 e. The van der Waals surface area contributed by atoms with Crippen molar-refractivity contribution in [2.45, 2.75) is 13.5 Å². The van der Waals surface area contributed by atoms with E-state index < -0.39 is 11.6 Å². The first-order chi connectivity index (χ1) is 13.6. The summed E-state index contributed by atoms with van der Waals surface area (Å²) in [6, 6.07) is 18.2. The van der Waals surface area contributed by atoms with Crippen LogP contribution in [0.15, 0.2) is 71.3 Å². The van der Waals surface area contributed by atoms with Crippen LogP contribution in [0.5, 0.6) is 5.75 Å². The molecule has 6 heteroatoms. The Bertz CT molecular complexity index is 1090. The van der Waals surface area contributed by atoms with Gasteiger partial charge in [-0.2, -0.15) is 4.98 Å². The van der Waals surface area contributed by atoms with Gasteiger partial charge in [-0.25, -0.2) is 8.78 Å². The predicted molar refractivity (Wildman–Crippen MR) is 101 cm³/mol. The van der Waals surface area contributed by atoms with Crippen LogP contribution in [0.2, 0.25) is 0 Å². The zero-order valence-corrected chi connectivity index (χ0v) is 15.0. The highest BCUT2D eigenvalue weighted by atomic mass is 19.1. The molecule has 0 spiro atoms. The van der Waals surface area contributed by atoms with Crippen LogP contribution in [-0.2, 0) is 6.61 Å². The van der Waals surface area contributed by atoms with Gasteiger partial charge in [-0.05, 0) is 61.0 Å². The molecule has 4 nitrogen and oxygen atoms in total. The Balaban J connectivity index is 1.46. The minimum Gasteiger partial charge on any atom is -0.489 e. The topological polar surface area (TPSA) is 48.2 Å². The first-order valence-electron chi connectivity index (χ1n) is 8.66. The van der Waals surface area contributed by atoms with Gasteiger partial charge < -0.3 is 9.26 Å². The molecule has 0 aliphatic carbocycles. The summed E-state index contributed by atoms with van der Waals surface area (Å²) in [5, 5.41) is 4.02. The van der Waals surface area contributed by atoms with E-state index in [1.165, 1.54) is 12.1 Å². The molecule has 0 amide bonds. The summed E-state index contributed by atoms with van der Waals surface area (Å²) >= 11 is 0. The molecule has 0 saturated heterocycles. The number of benzene rings is 3. The molecule has 0 N–H and O–H groups in total. The fourth-order valence-electron chi connectivity index (χ4n) is 2.80. The van der Waals surface area contributed by atoms with E-state index in [0.717, 1.165) is 22.8 Å². The lowest BCUT2D eigenvalue weighted by molar-refractivity contribution is 0.305. The van der Waals surface area contributed by atoms with Crippen molar-refractivity contribution in [3.05, 3.63) is 89.5 Å². The fourth-order valence-corrected chi connectivity index (χ4v) is 2.80. The van der Waals surface area contributed by atoms with Crippen LogP contribution < -0.4 is 4.74 Å². The molecule has 0 radical (unpaired) electrons. The lowest BCUT2D eigenvalue weighted by Gasteiger charge is -2.07. The van der Waals surface area contributed by atoms with Crippen LogP contribution in [0.3, 0.4) is 0 Å². The first-order valence-corrected chi connectivity index (χ1v) is 8.66. The second kappa shape index (κ2) is 7.60. The maximum atomic E-state index is 13.2. The van der Waals surface area contributed by atoms with E-state index in [1.807, 2.05) is 31.2 Å². The lowest BCUT2D eigenvalue weighted by atomic mass is 10.1. The van der Waals surface area contributed by atoms with Gasteiger partial charge in [0.05, 0.1) is 0 Å². The Morgan fingerprint density at radius 1 is 0.893 bits per heavy atom. The lowest BCUT2D eigenvalue weighted by Crippen LogP contribution is -1.97. The molecule has 1 aromatic heterocycles. The quantitative estimate of drug-likeness (QED) is 0.456. The van der Waals surface area contributed by atoms with E-state index in [0.29, 0.717) is 23.0 Å². The molecule has 0 atom stereocenters. The number of aryl methyl sites for hydroxylation is 1. The molecular weight excluding hydrogens is 362 g/mol. The van der Waals surface area contributed by atoms with E-state index in [-0.39, 0.29) is 6.61 Å². The second-order valence-electron chi connectivity index (χ2n) is 6.38. The van der Waals surface area contributed by atoms with E-state index in [1.54, 1.807) is 24.3 Å². The van der Waals surface area contributed by atoms with Gasteiger partial charge in [-0.15, -0.1) is 0 Å². The Kier molecular flexibility index (Phi) is 4.85. The fraction of sp³-hybridized carbons (Fsp3) is 0.0909. The number of hydrogen-bond donors (Lipinski definition) is 0. The SMILES string of the molecule is Cc1cccc(-c2nc(-c3ccc(OCc4cc(F)cc(F)c4)cc3)no2)c1. The average Bonchev–Trinajstić information content (AvgIpc) is 3.16. The van der Waals surface area contributed by atoms with Crippen molar-refractivity contribution in [1.29, 1.82) is 0 Å². The molecule has 0 saturated carbocycles. The molecule has 28 heavy (non-hydrogen) atoms. The van der Waals surface area contributed by atoms with Gasteiger partial charge in [0.25, 0.3) is 5.89 Å². The van der Waals surface area contributed by atoms with E-state index in [9.17, 15) is 8.78 Å². The molecule has 1 heterocycles. The zero-order chi connectivity index (χ0) is 19.5. The number of ether oxygens (including phenoxy) is 1. The molecule has 0 bridgehead atoms. The second-order valence-corrected chi connectivity index (χ2v) is 6.38. The van der Waals surface area contributed by atoms with Crippen molar-refractivity contribution in [2.24, 2.45) is 0 Å². The van der Waals surface area contributed by atoms with Crippen molar-refractivity contribution in [1.82, 2.24) is 10.1 Å². The minimum atomic E-state index is -0.629. The summed E-state index contributed by atoms with van der Waals surface area (Å²) < 4.78 is 37.4. The van der Waals surface area contributed by atoms with Gasteiger partial charge in [-0.1, -0.05) is 22.9 Å². The molecule has 3 aromatic carbocycles. The number of aromatic nitrogens is 2. The number of halogens is 2. The van der Waals surface area contributed by atoms with Crippen molar-refractivity contribution in [3.8, 4) is 28.6 Å². The van der Waals surface area contributed by atoms with Crippen LogP contribution in [-0.4, -0.2) is 10.1 Å². The molecule has 4 aromatic rings. The molecule has 0 unspecified atom stereocenters. The Hall–Kier alpha value is -3.54. The number of nitrogens with zero attached hydrogens (tertiary/aromatic N) is 2. The van der Waals surface area contributed by atoms with Crippen LogP contribution in [0.25, 0.3) is 22.8 Å². The zero-order valence-electron chi connectivity index (χ0n) is 15.0. The standard InChI is InChI=1S/C22H16F2N2O2/c1-14-3-2-4-17(9-14)22-25-21(26-28-22)16-5-7-20(8-6-16)27-13-15-10-18(23)12-19(24)11-15/h2-12H,13H2,1H3. The number of rotatable bonds is 5. The maximum absolute atomic E-state index is 13.2. The predicted octanol–water partition coefficient (Wildman–Crippen LogP) is 5.57. The maximum Gasteiger partial charge on any atom is 0.258 e. The molecule has 140 valence electrons. The molecule has 4 rings (SSSR count). The van der Waals surface area contributed by atoms with Gasteiger partial charge in [0.15, 0.2) is 0 Å². The molecule has 0 fully saturated rings.